The molecule has 2 aromatic carbocycles. The van der Waals surface area contributed by atoms with Crippen molar-refractivity contribution in [2.75, 3.05) is 5.73 Å². The molecule has 1 heterocycles. The van der Waals surface area contributed by atoms with E-state index < -0.39 is 0 Å². The van der Waals surface area contributed by atoms with Gasteiger partial charge in [-0.1, -0.05) is 18.2 Å². The molecule has 0 bridgehead atoms. The number of halogens is 1. The minimum atomic E-state index is -0.306. The van der Waals surface area contributed by atoms with Crippen LogP contribution in [0.3, 0.4) is 0 Å². The molecule has 0 fully saturated rings. The molecule has 0 unspecified atom stereocenters. The van der Waals surface area contributed by atoms with E-state index in [2.05, 4.69) is 18.8 Å². The van der Waals surface area contributed by atoms with Crippen LogP contribution in [0.1, 0.15) is 25.5 Å². The van der Waals surface area contributed by atoms with Gasteiger partial charge in [-0.15, -0.1) is 0 Å². The van der Waals surface area contributed by atoms with Crippen LogP contribution in [0.4, 0.5) is 10.1 Å². The Morgan fingerprint density at radius 2 is 1.86 bits per heavy atom. The van der Waals surface area contributed by atoms with Gasteiger partial charge in [-0.3, -0.25) is 0 Å². The molecule has 108 valence electrons. The molecule has 0 saturated carbocycles. The van der Waals surface area contributed by atoms with Crippen LogP contribution in [-0.4, -0.2) is 9.55 Å². The number of nitrogen functional groups attached to an aromatic ring is 1. The smallest absolute Gasteiger partial charge is 0.151 e. The van der Waals surface area contributed by atoms with Crippen LogP contribution in [0.2, 0.25) is 0 Å². The number of benzene rings is 2. The van der Waals surface area contributed by atoms with Gasteiger partial charge in [0.05, 0.1) is 5.52 Å². The monoisotopic (exact) mass is 283 g/mol. The molecule has 3 nitrogen and oxygen atoms in total. The topological polar surface area (TPSA) is 43.8 Å². The molecule has 0 spiro atoms. The van der Waals surface area contributed by atoms with Crippen molar-refractivity contribution in [1.29, 1.82) is 0 Å². The van der Waals surface area contributed by atoms with Crippen LogP contribution in [0, 0.1) is 12.7 Å². The number of imidazole rings is 1. The van der Waals surface area contributed by atoms with Crippen molar-refractivity contribution in [1.82, 2.24) is 9.55 Å². The summed E-state index contributed by atoms with van der Waals surface area (Å²) in [7, 11) is 0. The van der Waals surface area contributed by atoms with Crippen LogP contribution in [0.25, 0.3) is 22.4 Å². The maximum Gasteiger partial charge on any atom is 0.151 e. The van der Waals surface area contributed by atoms with Gasteiger partial charge in [-0.2, -0.15) is 0 Å². The Kier molecular flexibility index (Phi) is 3.16. The Balaban J connectivity index is 2.39. The molecule has 0 atom stereocenters. The number of anilines is 1. The van der Waals surface area contributed by atoms with Gasteiger partial charge in [0.25, 0.3) is 0 Å². The Morgan fingerprint density at radius 3 is 2.57 bits per heavy atom. The van der Waals surface area contributed by atoms with E-state index in [1.165, 1.54) is 6.07 Å². The van der Waals surface area contributed by atoms with Crippen LogP contribution in [-0.2, 0) is 0 Å². The predicted octanol–water partition coefficient (Wildman–Crippen LogP) is 4.31. The third kappa shape index (κ3) is 2.07. The third-order valence-electron chi connectivity index (χ3n) is 3.75. The van der Waals surface area contributed by atoms with Crippen molar-refractivity contribution >= 4 is 16.7 Å². The van der Waals surface area contributed by atoms with Crippen molar-refractivity contribution in [3.8, 4) is 11.4 Å². The molecule has 3 aromatic rings. The molecule has 0 aliphatic rings. The number of aryl methyl sites for hydroxylation is 1. The number of nitrogens with two attached hydrogens (primary N) is 1. The molecule has 0 aliphatic carbocycles. The number of hydrogen-bond acceptors (Lipinski definition) is 2. The van der Waals surface area contributed by atoms with Gasteiger partial charge in [0.2, 0.25) is 0 Å². The van der Waals surface area contributed by atoms with E-state index in [1.54, 1.807) is 6.07 Å². The van der Waals surface area contributed by atoms with E-state index in [0.29, 0.717) is 17.0 Å². The van der Waals surface area contributed by atoms with Crippen LogP contribution < -0.4 is 5.73 Å². The van der Waals surface area contributed by atoms with Crippen molar-refractivity contribution < 1.29 is 4.39 Å². The zero-order valence-electron chi connectivity index (χ0n) is 12.4. The lowest BCUT2D eigenvalue weighted by atomic mass is 10.1. The van der Waals surface area contributed by atoms with Gasteiger partial charge < -0.3 is 10.3 Å². The highest BCUT2D eigenvalue weighted by Crippen LogP contribution is 2.33. The zero-order valence-corrected chi connectivity index (χ0v) is 12.4. The maximum atomic E-state index is 14.0. The van der Waals surface area contributed by atoms with E-state index in [4.69, 9.17) is 5.73 Å². The summed E-state index contributed by atoms with van der Waals surface area (Å²) in [6.07, 6.45) is 0. The standard InChI is InChI=1S/C17H18FN3/c1-10(2)21-14-9-5-8-13(18)16(14)20-17(21)12-7-4-6-11(3)15(12)19/h4-10H,19H2,1-3H3. The molecular weight excluding hydrogens is 265 g/mol. The summed E-state index contributed by atoms with van der Waals surface area (Å²) in [5.41, 5.74) is 9.91. The minimum Gasteiger partial charge on any atom is -0.398 e. The van der Waals surface area contributed by atoms with Crippen LogP contribution in [0.15, 0.2) is 36.4 Å². The van der Waals surface area contributed by atoms with E-state index in [9.17, 15) is 4.39 Å². The molecule has 0 radical (unpaired) electrons. The lowest BCUT2D eigenvalue weighted by Gasteiger charge is -2.15. The average molecular weight is 283 g/mol. The number of fused-ring (bicyclic) bond motifs is 1. The second kappa shape index (κ2) is 4.88. The number of hydrogen-bond donors (Lipinski definition) is 1. The van der Waals surface area contributed by atoms with Gasteiger partial charge in [0.1, 0.15) is 11.3 Å². The van der Waals surface area contributed by atoms with E-state index in [1.807, 2.05) is 35.8 Å². The first-order chi connectivity index (χ1) is 10.0. The van der Waals surface area contributed by atoms with Crippen molar-refractivity contribution in [3.63, 3.8) is 0 Å². The molecular formula is C17H18FN3. The quantitative estimate of drug-likeness (QED) is 0.712. The summed E-state index contributed by atoms with van der Waals surface area (Å²) in [4.78, 5) is 4.51. The first-order valence-electron chi connectivity index (χ1n) is 7.02. The largest absolute Gasteiger partial charge is 0.398 e. The number of para-hydroxylation sites is 2. The van der Waals surface area contributed by atoms with Gasteiger partial charge in [-0.05, 0) is 44.5 Å². The summed E-state index contributed by atoms with van der Waals surface area (Å²) in [6, 6.07) is 11.0. The van der Waals surface area contributed by atoms with Gasteiger partial charge in [-0.25, -0.2) is 9.37 Å². The average Bonchev–Trinajstić information content (AvgIpc) is 2.82. The lowest BCUT2D eigenvalue weighted by molar-refractivity contribution is 0.623. The second-order valence-corrected chi connectivity index (χ2v) is 5.54. The lowest BCUT2D eigenvalue weighted by Crippen LogP contribution is -2.05. The Morgan fingerprint density at radius 1 is 1.14 bits per heavy atom. The fraction of sp³-hybridized carbons (Fsp3) is 0.235. The molecule has 21 heavy (non-hydrogen) atoms. The molecule has 0 amide bonds. The van der Waals surface area contributed by atoms with Crippen LogP contribution in [0.5, 0.6) is 0 Å². The highest BCUT2D eigenvalue weighted by Gasteiger charge is 2.18. The van der Waals surface area contributed by atoms with Crippen LogP contribution >= 0.6 is 0 Å². The fourth-order valence-corrected chi connectivity index (χ4v) is 2.67. The van der Waals surface area contributed by atoms with Crippen molar-refractivity contribution in [2.45, 2.75) is 26.8 Å². The SMILES string of the molecule is Cc1cccc(-c2nc3c(F)cccc3n2C(C)C)c1N. The number of nitrogens with zero attached hydrogens (tertiary/aromatic N) is 2. The van der Waals surface area contributed by atoms with Crippen molar-refractivity contribution in [2.24, 2.45) is 0 Å². The molecule has 2 N–H and O–H groups in total. The summed E-state index contributed by atoms with van der Waals surface area (Å²) < 4.78 is 16.1. The Labute approximate surface area is 123 Å². The molecule has 3 rings (SSSR count). The van der Waals surface area contributed by atoms with Crippen molar-refractivity contribution in [3.05, 3.63) is 47.8 Å². The number of rotatable bonds is 2. The Bertz CT molecular complexity index is 818. The molecule has 1 aromatic heterocycles. The van der Waals surface area contributed by atoms with Gasteiger partial charge >= 0.3 is 0 Å². The normalized spacial score (nSPS) is 11.5. The first kappa shape index (κ1) is 13.6. The third-order valence-corrected chi connectivity index (χ3v) is 3.75. The molecule has 0 saturated heterocycles. The van der Waals surface area contributed by atoms with E-state index in [0.717, 1.165) is 16.6 Å². The number of aromatic nitrogens is 2. The maximum absolute atomic E-state index is 14.0. The second-order valence-electron chi connectivity index (χ2n) is 5.54. The summed E-state index contributed by atoms with van der Waals surface area (Å²) in [5.74, 6) is 0.408. The fourth-order valence-electron chi connectivity index (χ4n) is 2.67. The summed E-state index contributed by atoms with van der Waals surface area (Å²) in [6.45, 7) is 6.07. The summed E-state index contributed by atoms with van der Waals surface area (Å²) in [5, 5.41) is 0. The molecule has 0 aliphatic heterocycles. The first-order valence-corrected chi connectivity index (χ1v) is 7.02. The predicted molar refractivity (Wildman–Crippen MR) is 84.7 cm³/mol. The highest BCUT2D eigenvalue weighted by atomic mass is 19.1. The summed E-state index contributed by atoms with van der Waals surface area (Å²) >= 11 is 0. The van der Waals surface area contributed by atoms with E-state index in [-0.39, 0.29) is 11.9 Å². The molecule has 4 heteroatoms. The highest BCUT2D eigenvalue weighted by molar-refractivity contribution is 5.85. The Hall–Kier alpha value is -2.36. The van der Waals surface area contributed by atoms with Gasteiger partial charge in [0, 0.05) is 17.3 Å². The zero-order chi connectivity index (χ0) is 15.1. The minimum absolute atomic E-state index is 0.159. The van der Waals surface area contributed by atoms with E-state index >= 15 is 0 Å². The van der Waals surface area contributed by atoms with Gasteiger partial charge in [0.15, 0.2) is 5.82 Å².